The average molecular weight is 643 g/mol. The maximum Gasteiger partial charge on any atom is 0.265 e. The van der Waals surface area contributed by atoms with Crippen LogP contribution in [0.15, 0.2) is 113 Å². The first-order valence-electron chi connectivity index (χ1n) is 15.0. The van der Waals surface area contributed by atoms with E-state index in [1.54, 1.807) is 18.2 Å². The Kier molecular flexibility index (Phi) is 9.40. The normalized spacial score (nSPS) is 10.7. The number of para-hydroxylation sites is 1. The van der Waals surface area contributed by atoms with Gasteiger partial charge < -0.3 is 24.5 Å². The number of aromatic nitrogens is 4. The van der Waals surface area contributed by atoms with Crippen LogP contribution < -0.4 is 15.0 Å². The second kappa shape index (κ2) is 14.1. The number of nitrogens with zero attached hydrogens (tertiary/aromatic N) is 4. The topological polar surface area (TPSA) is 109 Å². The first-order valence-corrected chi connectivity index (χ1v) is 15.9. The fraction of sp³-hybridized carbons (Fsp3) is 0.135. The predicted molar refractivity (Wildman–Crippen MR) is 188 cm³/mol. The van der Waals surface area contributed by atoms with Gasteiger partial charge in [-0.25, -0.2) is 4.98 Å². The molecule has 7 aromatic rings. The van der Waals surface area contributed by atoms with Gasteiger partial charge in [-0.1, -0.05) is 35.5 Å². The standard InChI is InChI=1S/C21H17N3O3S.C16H17N3/c1-14-5-2-3-6-17(14)26-13-19-23-20(24-27-19)15-8-10-16(11-9-15)22-21(25)18-7-4-12-28-18;1-11-4-9-14-15(10-11)18-16(17-14)12-5-7-13(8-6-12)19(2)3/h2-12H,13H2,1H3,(H,22,25);4-10H,1-3H3,(H,17,18). The van der Waals surface area contributed by atoms with Gasteiger partial charge in [0.25, 0.3) is 11.8 Å². The SMILES string of the molecule is Cc1ccc2nc(-c3ccc(N(C)C)cc3)[nH]c2c1.Cc1ccccc1OCc1nc(-c2ccc(NC(=O)c3cccs3)cc2)no1. The van der Waals surface area contributed by atoms with Crippen molar-refractivity contribution in [1.82, 2.24) is 20.1 Å². The van der Waals surface area contributed by atoms with Crippen LogP contribution >= 0.6 is 11.3 Å². The summed E-state index contributed by atoms with van der Waals surface area (Å²) >= 11 is 1.40. The van der Waals surface area contributed by atoms with Crippen molar-refractivity contribution in [2.75, 3.05) is 24.3 Å². The second-order valence-corrected chi connectivity index (χ2v) is 12.1. The van der Waals surface area contributed by atoms with Crippen molar-refractivity contribution in [3.8, 4) is 28.5 Å². The molecule has 0 aliphatic heterocycles. The number of nitrogens with one attached hydrogen (secondary N) is 2. The molecule has 0 saturated carbocycles. The van der Waals surface area contributed by atoms with Gasteiger partial charge in [0.15, 0.2) is 6.61 Å². The molecule has 0 fully saturated rings. The predicted octanol–water partition coefficient (Wildman–Crippen LogP) is 8.54. The summed E-state index contributed by atoms with van der Waals surface area (Å²) in [6.07, 6.45) is 0. The van der Waals surface area contributed by atoms with Crippen LogP contribution in [-0.2, 0) is 6.61 Å². The molecule has 2 N–H and O–H groups in total. The quantitative estimate of drug-likeness (QED) is 0.171. The second-order valence-electron chi connectivity index (χ2n) is 11.1. The number of imidazole rings is 1. The van der Waals surface area contributed by atoms with Crippen LogP contribution in [0.3, 0.4) is 0 Å². The summed E-state index contributed by atoms with van der Waals surface area (Å²) in [5, 5.41) is 8.73. The minimum atomic E-state index is -0.127. The first kappa shape index (κ1) is 31.3. The fourth-order valence-corrected chi connectivity index (χ4v) is 5.39. The van der Waals surface area contributed by atoms with E-state index in [1.807, 2.05) is 68.9 Å². The van der Waals surface area contributed by atoms with E-state index in [4.69, 9.17) is 9.26 Å². The highest BCUT2D eigenvalue weighted by atomic mass is 32.1. The van der Waals surface area contributed by atoms with Gasteiger partial charge in [0.2, 0.25) is 5.82 Å². The van der Waals surface area contributed by atoms with Crippen LogP contribution in [0, 0.1) is 13.8 Å². The van der Waals surface area contributed by atoms with Crippen molar-refractivity contribution in [3.05, 3.63) is 130 Å². The van der Waals surface area contributed by atoms with E-state index in [1.165, 1.54) is 22.6 Å². The summed E-state index contributed by atoms with van der Waals surface area (Å²) in [5.41, 5.74) is 8.18. The Balaban J connectivity index is 0.000000177. The fourth-order valence-electron chi connectivity index (χ4n) is 4.77. The molecule has 0 saturated heterocycles. The van der Waals surface area contributed by atoms with Crippen LogP contribution in [0.5, 0.6) is 5.75 Å². The molecule has 7 rings (SSSR count). The number of hydrogen-bond acceptors (Lipinski definition) is 8. The van der Waals surface area contributed by atoms with E-state index in [-0.39, 0.29) is 12.5 Å². The number of thiophene rings is 1. The number of fused-ring (bicyclic) bond motifs is 1. The Morgan fingerprint density at radius 1 is 0.894 bits per heavy atom. The minimum Gasteiger partial charge on any atom is -0.483 e. The van der Waals surface area contributed by atoms with Gasteiger partial charge in [0, 0.05) is 36.6 Å². The molecule has 236 valence electrons. The molecule has 0 spiro atoms. The summed E-state index contributed by atoms with van der Waals surface area (Å²) in [7, 11) is 4.08. The summed E-state index contributed by atoms with van der Waals surface area (Å²) in [6, 6.07) is 33.3. The maximum absolute atomic E-state index is 12.1. The number of benzene rings is 4. The Labute approximate surface area is 276 Å². The highest BCUT2D eigenvalue weighted by Gasteiger charge is 2.12. The summed E-state index contributed by atoms with van der Waals surface area (Å²) in [5.74, 6) is 2.45. The van der Waals surface area contributed by atoms with Gasteiger partial charge in [0.05, 0.1) is 15.9 Å². The Hall–Kier alpha value is -5.74. The Morgan fingerprint density at radius 2 is 1.66 bits per heavy atom. The molecule has 0 unspecified atom stereocenters. The van der Waals surface area contributed by atoms with Gasteiger partial charge in [-0.05, 0) is 103 Å². The number of anilines is 2. The minimum absolute atomic E-state index is 0.127. The van der Waals surface area contributed by atoms with Crippen molar-refractivity contribution in [2.24, 2.45) is 0 Å². The lowest BCUT2D eigenvalue weighted by Crippen LogP contribution is -2.09. The van der Waals surface area contributed by atoms with Crippen LogP contribution in [0.25, 0.3) is 33.8 Å². The van der Waals surface area contributed by atoms with Crippen LogP contribution in [0.1, 0.15) is 26.7 Å². The molecule has 0 bridgehead atoms. The number of aryl methyl sites for hydroxylation is 2. The molecule has 47 heavy (non-hydrogen) atoms. The van der Waals surface area contributed by atoms with E-state index in [9.17, 15) is 4.79 Å². The number of amides is 1. The van der Waals surface area contributed by atoms with E-state index >= 15 is 0 Å². The molecule has 0 atom stereocenters. The van der Waals surface area contributed by atoms with Crippen LogP contribution in [0.2, 0.25) is 0 Å². The zero-order valence-corrected chi connectivity index (χ0v) is 27.3. The molecule has 0 aliphatic carbocycles. The monoisotopic (exact) mass is 642 g/mol. The van der Waals surface area contributed by atoms with Crippen molar-refractivity contribution < 1.29 is 14.1 Å². The largest absolute Gasteiger partial charge is 0.483 e. The Morgan fingerprint density at radius 3 is 2.38 bits per heavy atom. The molecule has 4 aromatic carbocycles. The highest BCUT2D eigenvalue weighted by molar-refractivity contribution is 7.12. The molecule has 3 heterocycles. The lowest BCUT2D eigenvalue weighted by atomic mass is 10.2. The molecular weight excluding hydrogens is 609 g/mol. The molecule has 1 amide bonds. The van der Waals surface area contributed by atoms with Gasteiger partial charge >= 0.3 is 0 Å². The lowest BCUT2D eigenvalue weighted by Gasteiger charge is -2.11. The third-order valence-electron chi connectivity index (χ3n) is 7.35. The number of H-pyrrole nitrogens is 1. The number of hydrogen-bond donors (Lipinski definition) is 2. The van der Waals surface area contributed by atoms with Gasteiger partial charge in [-0.3, -0.25) is 4.79 Å². The van der Waals surface area contributed by atoms with Gasteiger partial charge in [-0.15, -0.1) is 11.3 Å². The van der Waals surface area contributed by atoms with Crippen LogP contribution in [0.4, 0.5) is 11.4 Å². The molecule has 9 nitrogen and oxygen atoms in total. The summed E-state index contributed by atoms with van der Waals surface area (Å²) in [6.45, 7) is 4.27. The van der Waals surface area contributed by atoms with E-state index in [2.05, 4.69) is 79.7 Å². The summed E-state index contributed by atoms with van der Waals surface area (Å²) in [4.78, 5) is 27.2. The third-order valence-corrected chi connectivity index (χ3v) is 8.22. The smallest absolute Gasteiger partial charge is 0.265 e. The van der Waals surface area contributed by atoms with Crippen molar-refractivity contribution in [1.29, 1.82) is 0 Å². The van der Waals surface area contributed by atoms with Crippen molar-refractivity contribution in [3.63, 3.8) is 0 Å². The van der Waals surface area contributed by atoms with Gasteiger partial charge in [0.1, 0.15) is 11.6 Å². The number of rotatable bonds is 8. The number of aromatic amines is 1. The molecule has 0 radical (unpaired) electrons. The highest BCUT2D eigenvalue weighted by Crippen LogP contribution is 2.24. The molecule has 3 aromatic heterocycles. The number of ether oxygens (including phenoxy) is 1. The zero-order chi connectivity index (χ0) is 32.8. The van der Waals surface area contributed by atoms with E-state index < -0.39 is 0 Å². The molecule has 0 aliphatic rings. The van der Waals surface area contributed by atoms with Gasteiger partial charge in [-0.2, -0.15) is 4.98 Å². The van der Waals surface area contributed by atoms with E-state index in [0.717, 1.165) is 39.3 Å². The van der Waals surface area contributed by atoms with Crippen molar-refractivity contribution in [2.45, 2.75) is 20.5 Å². The lowest BCUT2D eigenvalue weighted by molar-refractivity contribution is 0.103. The molecule has 10 heteroatoms. The number of carbonyl (C=O) groups is 1. The van der Waals surface area contributed by atoms with Crippen molar-refractivity contribution >= 4 is 39.7 Å². The Bertz CT molecular complexity index is 2080. The third kappa shape index (κ3) is 7.74. The average Bonchev–Trinajstić information content (AvgIpc) is 3.87. The first-order chi connectivity index (χ1) is 22.8. The molecular formula is C37H34N6O3S. The summed E-state index contributed by atoms with van der Waals surface area (Å²) < 4.78 is 11.0. The zero-order valence-electron chi connectivity index (χ0n) is 26.5. The van der Waals surface area contributed by atoms with E-state index in [0.29, 0.717) is 22.3 Å². The maximum atomic E-state index is 12.1. The van der Waals surface area contributed by atoms with Crippen LogP contribution in [-0.4, -0.2) is 40.1 Å². The number of carbonyl (C=O) groups excluding carboxylic acids is 1.